The number of rotatable bonds is 9. The molecule has 7 nitrogen and oxygen atoms in total. The molecule has 0 aliphatic heterocycles. The fourth-order valence-electron chi connectivity index (χ4n) is 2.56. The summed E-state index contributed by atoms with van der Waals surface area (Å²) < 4.78 is 65.2. The molecule has 0 radical (unpaired) electrons. The molecule has 1 amide bonds. The van der Waals surface area contributed by atoms with Crippen molar-refractivity contribution in [1.82, 2.24) is 9.29 Å². The Hall–Kier alpha value is -2.30. The number of benzene rings is 1. The van der Waals surface area contributed by atoms with E-state index in [2.05, 4.69) is 21.9 Å². The number of hydrogen-bond donors (Lipinski definition) is 2. The first-order valence-corrected chi connectivity index (χ1v) is 11.3. The molecule has 1 heterocycles. The number of alkyl halides is 2. The van der Waals surface area contributed by atoms with Crippen LogP contribution in [0, 0.1) is 35.9 Å². The van der Waals surface area contributed by atoms with Crippen molar-refractivity contribution in [2.24, 2.45) is 5.92 Å². The largest absolute Gasteiger partial charge is 2.00 e. The van der Waals surface area contributed by atoms with E-state index in [1.54, 1.807) is 6.07 Å². The minimum atomic E-state index is -3.63. The van der Waals surface area contributed by atoms with Gasteiger partial charge in [0, 0.05) is 17.8 Å². The number of nitrogens with zero attached hydrogens (tertiary/aromatic N) is 1. The van der Waals surface area contributed by atoms with Gasteiger partial charge in [-0.3, -0.25) is 4.79 Å². The van der Waals surface area contributed by atoms with Crippen LogP contribution in [0.1, 0.15) is 12.0 Å². The van der Waals surface area contributed by atoms with Crippen LogP contribution in [0.25, 0.3) is 0 Å². The average molecular weight is 692 g/mol. The van der Waals surface area contributed by atoms with Crippen molar-refractivity contribution >= 4 is 33.2 Å². The molecule has 0 aliphatic rings. The van der Waals surface area contributed by atoms with E-state index in [-0.39, 0.29) is 36.8 Å². The molecule has 2 aromatic rings. The quantitative estimate of drug-likeness (QED) is 0.313. The molecule has 0 saturated carbocycles. The third-order valence-corrected chi connectivity index (χ3v) is 5.88. The van der Waals surface area contributed by atoms with E-state index in [4.69, 9.17) is 11.6 Å². The van der Waals surface area contributed by atoms with Gasteiger partial charge >= 0.3 is 19.8 Å². The fraction of sp³-hybridized carbons (Fsp3) is 0.238. The molecular formula is C21H19ClF3N3O4OsS. The van der Waals surface area contributed by atoms with Crippen molar-refractivity contribution in [3.05, 3.63) is 70.6 Å². The van der Waals surface area contributed by atoms with Crippen molar-refractivity contribution in [2.45, 2.75) is 24.3 Å². The van der Waals surface area contributed by atoms with Crippen molar-refractivity contribution in [2.75, 3.05) is 12.4 Å². The second kappa shape index (κ2) is 13.6. The van der Waals surface area contributed by atoms with Gasteiger partial charge in [0.1, 0.15) is 0 Å². The van der Waals surface area contributed by atoms with Crippen LogP contribution in [0.2, 0.25) is 0 Å². The third kappa shape index (κ3) is 8.81. The zero-order valence-electron chi connectivity index (χ0n) is 17.5. The number of carbonyl (C=O) groups is 1. The zero-order valence-corrected chi connectivity index (χ0v) is 21.7. The number of anilines is 1. The summed E-state index contributed by atoms with van der Waals surface area (Å²) in [5.74, 6) is 4.22. The molecule has 0 aliphatic carbocycles. The summed E-state index contributed by atoms with van der Waals surface area (Å²) in [5.41, 5.74) is -0.985. The van der Waals surface area contributed by atoms with Crippen molar-refractivity contribution in [3.63, 3.8) is 0 Å². The van der Waals surface area contributed by atoms with E-state index in [1.807, 2.05) is 0 Å². The van der Waals surface area contributed by atoms with Crippen LogP contribution in [-0.2, 0) is 41.2 Å². The molecule has 0 saturated heterocycles. The van der Waals surface area contributed by atoms with Gasteiger partial charge in [0.15, 0.2) is 5.82 Å². The summed E-state index contributed by atoms with van der Waals surface area (Å²) >= 11 is 5.77. The fourth-order valence-corrected chi connectivity index (χ4v) is 3.50. The minimum Gasteiger partial charge on any atom is -0.350 e. The molecule has 1 unspecified atom stereocenters. The summed E-state index contributed by atoms with van der Waals surface area (Å²) in [5, 5.41) is 2.29. The van der Waals surface area contributed by atoms with Crippen LogP contribution in [0.5, 0.6) is 0 Å². The Morgan fingerprint density at radius 2 is 2.00 bits per heavy atom. The van der Waals surface area contributed by atoms with Gasteiger partial charge in [0.25, 0.3) is 12.0 Å². The normalized spacial score (nSPS) is 11.7. The van der Waals surface area contributed by atoms with E-state index in [0.29, 0.717) is 10.1 Å². The topological polar surface area (TPSA) is 97.3 Å². The first kappa shape index (κ1) is 29.7. The van der Waals surface area contributed by atoms with Gasteiger partial charge in [-0.05, 0) is 25.2 Å². The van der Waals surface area contributed by atoms with Gasteiger partial charge in [-0.25, -0.2) is 32.2 Å². The Morgan fingerprint density at radius 1 is 1.29 bits per heavy atom. The number of nitrogens with one attached hydrogen (secondary N) is 2. The Morgan fingerprint density at radius 3 is 2.62 bits per heavy atom. The SMILES string of the molecule is CNS(=O)(=O)c1cccc(C#CC([CH-]Cl)C[CH-]C(=O)Nc2cc(F)c(=O)n(CC(F)F)c2)c1.[Os+2]. The summed E-state index contributed by atoms with van der Waals surface area (Å²) in [6, 6.07) is 6.65. The number of carbonyl (C=O) groups excluding carboxylic acids is 1. The minimum absolute atomic E-state index is 0. The molecule has 184 valence electrons. The number of amides is 1. The zero-order chi connectivity index (χ0) is 24.6. The molecule has 1 aromatic carbocycles. The molecule has 0 bridgehead atoms. The van der Waals surface area contributed by atoms with Crippen molar-refractivity contribution in [3.8, 4) is 11.8 Å². The Labute approximate surface area is 213 Å². The Balaban J connectivity index is 0.00000578. The molecular weight excluding hydrogens is 673 g/mol. The van der Waals surface area contributed by atoms with E-state index < -0.39 is 46.2 Å². The first-order chi connectivity index (χ1) is 15.6. The van der Waals surface area contributed by atoms with E-state index in [1.165, 1.54) is 37.5 Å². The second-order valence-electron chi connectivity index (χ2n) is 6.59. The monoisotopic (exact) mass is 693 g/mol. The summed E-state index contributed by atoms with van der Waals surface area (Å²) in [6.07, 6.45) is -0.742. The molecule has 2 N–H and O–H groups in total. The van der Waals surface area contributed by atoms with E-state index >= 15 is 0 Å². The number of halogens is 4. The molecule has 34 heavy (non-hydrogen) atoms. The van der Waals surface area contributed by atoms with Gasteiger partial charge in [-0.1, -0.05) is 12.0 Å². The van der Waals surface area contributed by atoms with E-state index in [0.717, 1.165) is 12.3 Å². The average Bonchev–Trinajstić information content (AvgIpc) is 2.77. The van der Waals surface area contributed by atoms with Gasteiger partial charge in [-0.2, -0.15) is 6.42 Å². The first-order valence-electron chi connectivity index (χ1n) is 9.36. The molecule has 0 fully saturated rings. The molecule has 13 heteroatoms. The van der Waals surface area contributed by atoms with Gasteiger partial charge in [0.05, 0.1) is 23.0 Å². The Kier molecular flexibility index (Phi) is 11.8. The predicted molar refractivity (Wildman–Crippen MR) is 117 cm³/mol. The van der Waals surface area contributed by atoms with Crippen LogP contribution < -0.4 is 15.6 Å². The summed E-state index contributed by atoms with van der Waals surface area (Å²) in [4.78, 5) is 23.7. The summed E-state index contributed by atoms with van der Waals surface area (Å²) in [7, 11) is -2.35. The van der Waals surface area contributed by atoms with Gasteiger partial charge < -0.3 is 32.7 Å². The smallest absolute Gasteiger partial charge is 0.350 e. The van der Waals surface area contributed by atoms with Crippen LogP contribution in [-0.4, -0.2) is 32.4 Å². The van der Waals surface area contributed by atoms with Gasteiger partial charge in [-0.15, -0.1) is 11.8 Å². The maximum Gasteiger partial charge on any atom is 2.00 e. The predicted octanol–water partition coefficient (Wildman–Crippen LogP) is 2.76. The van der Waals surface area contributed by atoms with Crippen molar-refractivity contribution < 1.29 is 46.2 Å². The maximum atomic E-state index is 13.7. The number of aromatic nitrogens is 1. The number of sulfonamides is 1. The van der Waals surface area contributed by atoms with Crippen LogP contribution in [0.3, 0.4) is 0 Å². The molecule has 1 atom stereocenters. The van der Waals surface area contributed by atoms with Crippen molar-refractivity contribution in [1.29, 1.82) is 0 Å². The number of pyridine rings is 1. The molecule has 2 rings (SSSR count). The third-order valence-electron chi connectivity index (χ3n) is 4.17. The van der Waals surface area contributed by atoms with Crippen LogP contribution in [0.4, 0.5) is 18.9 Å². The van der Waals surface area contributed by atoms with Crippen LogP contribution >= 0.6 is 11.6 Å². The number of hydrogen-bond acceptors (Lipinski definition) is 4. The maximum absolute atomic E-state index is 13.7. The van der Waals surface area contributed by atoms with Crippen LogP contribution in [0.15, 0.2) is 46.2 Å². The second-order valence-corrected chi connectivity index (χ2v) is 8.73. The Bertz CT molecular complexity index is 1230. The molecule has 0 spiro atoms. The van der Waals surface area contributed by atoms with E-state index in [9.17, 15) is 31.2 Å². The van der Waals surface area contributed by atoms with Gasteiger partial charge in [0.2, 0.25) is 10.0 Å². The molecule has 1 aromatic heterocycles. The standard InChI is InChI=1S/C21H19ClF3N3O4S.Os/c1-26-33(31,32)17-4-2-3-14(9-17)5-6-15(11-22)7-8-20(29)27-16-10-18(23)21(30)28(12-16)13-19(24)25;/h2-4,8-12,15,19,26H,7,13H2,1H3,(H,27,29);/q-2;+2. The summed E-state index contributed by atoms with van der Waals surface area (Å²) in [6.45, 7) is -1.02.